The Labute approximate surface area is 100 Å². The molecule has 92 valence electrons. The second-order valence-corrected chi connectivity index (χ2v) is 4.14. The first-order chi connectivity index (χ1) is 8.17. The molecule has 1 heterocycles. The highest BCUT2D eigenvalue weighted by Crippen LogP contribution is 2.34. The number of nitrogens with two attached hydrogens (primary N) is 2. The van der Waals surface area contributed by atoms with Crippen LogP contribution in [0.1, 0.15) is 12.5 Å². The molecule has 4 N–H and O–H groups in total. The molecule has 0 saturated carbocycles. The van der Waals surface area contributed by atoms with E-state index in [9.17, 15) is 4.79 Å². The zero-order valence-corrected chi connectivity index (χ0v) is 9.85. The molecule has 0 radical (unpaired) electrons. The minimum Gasteiger partial charge on any atom is -0.482 e. The van der Waals surface area contributed by atoms with E-state index >= 15 is 0 Å². The highest BCUT2D eigenvalue weighted by Gasteiger charge is 2.28. The average Bonchev–Trinajstić information content (AvgIpc) is 2.37. The summed E-state index contributed by atoms with van der Waals surface area (Å²) in [6.45, 7) is 2.84. The topological polar surface area (TPSA) is 81.6 Å². The molecule has 0 saturated heterocycles. The van der Waals surface area contributed by atoms with Gasteiger partial charge in [0.05, 0.1) is 5.69 Å². The summed E-state index contributed by atoms with van der Waals surface area (Å²) in [5.74, 6) is 0.645. The SMILES string of the molecule is CC(CN)N1C(=O)COc2ccc(CN)cc21. The lowest BCUT2D eigenvalue weighted by Gasteiger charge is -2.33. The summed E-state index contributed by atoms with van der Waals surface area (Å²) in [7, 11) is 0. The minimum atomic E-state index is -0.0652. The molecule has 0 fully saturated rings. The van der Waals surface area contributed by atoms with Gasteiger partial charge in [-0.3, -0.25) is 4.79 Å². The van der Waals surface area contributed by atoms with Crippen LogP contribution in [0.25, 0.3) is 0 Å². The van der Waals surface area contributed by atoms with E-state index in [0.29, 0.717) is 18.8 Å². The van der Waals surface area contributed by atoms with Crippen LogP contribution in [-0.4, -0.2) is 25.1 Å². The number of hydrogen-bond acceptors (Lipinski definition) is 4. The number of fused-ring (bicyclic) bond motifs is 1. The van der Waals surface area contributed by atoms with Crippen molar-refractivity contribution < 1.29 is 9.53 Å². The molecule has 1 atom stereocenters. The fourth-order valence-corrected chi connectivity index (χ4v) is 1.93. The number of carbonyl (C=O) groups is 1. The number of anilines is 1. The van der Waals surface area contributed by atoms with Crippen LogP contribution >= 0.6 is 0 Å². The minimum absolute atomic E-state index is 0.0434. The number of nitrogens with zero attached hydrogens (tertiary/aromatic N) is 1. The van der Waals surface area contributed by atoms with Crippen molar-refractivity contribution in [2.45, 2.75) is 19.5 Å². The second kappa shape index (κ2) is 4.73. The van der Waals surface area contributed by atoms with Crippen molar-refractivity contribution >= 4 is 11.6 Å². The number of benzene rings is 1. The molecule has 5 heteroatoms. The smallest absolute Gasteiger partial charge is 0.265 e. The number of rotatable bonds is 3. The van der Waals surface area contributed by atoms with Gasteiger partial charge in [-0.2, -0.15) is 0 Å². The molecule has 0 aliphatic carbocycles. The van der Waals surface area contributed by atoms with Crippen molar-refractivity contribution in [2.24, 2.45) is 11.5 Å². The van der Waals surface area contributed by atoms with E-state index in [2.05, 4.69) is 0 Å². The average molecular weight is 235 g/mol. The molecule has 0 bridgehead atoms. The van der Waals surface area contributed by atoms with Crippen LogP contribution in [0.5, 0.6) is 5.75 Å². The van der Waals surface area contributed by atoms with Gasteiger partial charge < -0.3 is 21.1 Å². The van der Waals surface area contributed by atoms with E-state index in [-0.39, 0.29) is 18.6 Å². The maximum atomic E-state index is 11.9. The molecular formula is C12H17N3O2. The summed E-state index contributed by atoms with van der Waals surface area (Å²) >= 11 is 0. The Morgan fingerprint density at radius 3 is 2.88 bits per heavy atom. The summed E-state index contributed by atoms with van der Waals surface area (Å²) in [5.41, 5.74) is 13.0. The van der Waals surface area contributed by atoms with E-state index in [1.807, 2.05) is 25.1 Å². The van der Waals surface area contributed by atoms with Gasteiger partial charge in [0.1, 0.15) is 5.75 Å². The Kier molecular flexibility index (Phi) is 3.31. The second-order valence-electron chi connectivity index (χ2n) is 4.14. The van der Waals surface area contributed by atoms with Gasteiger partial charge in [0.25, 0.3) is 5.91 Å². The normalized spacial score (nSPS) is 16.4. The zero-order valence-electron chi connectivity index (χ0n) is 9.85. The summed E-state index contributed by atoms with van der Waals surface area (Å²) < 4.78 is 5.39. The zero-order chi connectivity index (χ0) is 12.4. The van der Waals surface area contributed by atoms with Gasteiger partial charge in [-0.25, -0.2) is 0 Å². The Hall–Kier alpha value is -1.59. The molecule has 1 aromatic rings. The van der Waals surface area contributed by atoms with Gasteiger partial charge in [0.2, 0.25) is 0 Å². The Balaban J connectivity index is 2.45. The van der Waals surface area contributed by atoms with E-state index in [0.717, 1.165) is 11.3 Å². The molecule has 1 unspecified atom stereocenters. The van der Waals surface area contributed by atoms with Crippen molar-refractivity contribution in [1.82, 2.24) is 0 Å². The third-order valence-electron chi connectivity index (χ3n) is 2.92. The molecule has 1 aliphatic rings. The van der Waals surface area contributed by atoms with Crippen LogP contribution in [-0.2, 0) is 11.3 Å². The predicted octanol–water partition coefficient (Wildman–Crippen LogP) is 0.218. The molecule has 5 nitrogen and oxygen atoms in total. The van der Waals surface area contributed by atoms with Crippen molar-refractivity contribution in [3.05, 3.63) is 23.8 Å². The van der Waals surface area contributed by atoms with Crippen molar-refractivity contribution in [3.8, 4) is 5.75 Å². The largest absolute Gasteiger partial charge is 0.482 e. The van der Waals surface area contributed by atoms with Gasteiger partial charge >= 0.3 is 0 Å². The van der Waals surface area contributed by atoms with E-state index in [4.69, 9.17) is 16.2 Å². The Morgan fingerprint density at radius 2 is 2.24 bits per heavy atom. The van der Waals surface area contributed by atoms with Crippen LogP contribution < -0.4 is 21.1 Å². The molecular weight excluding hydrogens is 218 g/mol. The van der Waals surface area contributed by atoms with Crippen LogP contribution in [0.4, 0.5) is 5.69 Å². The van der Waals surface area contributed by atoms with Crippen LogP contribution in [0.2, 0.25) is 0 Å². The fourth-order valence-electron chi connectivity index (χ4n) is 1.93. The summed E-state index contributed by atoms with van der Waals surface area (Å²) in [6.07, 6.45) is 0. The van der Waals surface area contributed by atoms with Crippen molar-refractivity contribution in [3.63, 3.8) is 0 Å². The molecule has 1 amide bonds. The molecule has 2 rings (SSSR count). The summed E-state index contributed by atoms with van der Waals surface area (Å²) in [5, 5.41) is 0. The van der Waals surface area contributed by atoms with Crippen molar-refractivity contribution in [2.75, 3.05) is 18.1 Å². The molecule has 17 heavy (non-hydrogen) atoms. The molecule has 1 aliphatic heterocycles. The van der Waals surface area contributed by atoms with E-state index in [1.54, 1.807) is 4.90 Å². The van der Waals surface area contributed by atoms with Crippen LogP contribution in [0.15, 0.2) is 18.2 Å². The van der Waals surface area contributed by atoms with Gasteiger partial charge in [-0.1, -0.05) is 6.07 Å². The Morgan fingerprint density at radius 1 is 1.47 bits per heavy atom. The number of carbonyl (C=O) groups excluding carboxylic acids is 1. The standard InChI is InChI=1S/C12H17N3O2/c1-8(5-13)15-10-4-9(6-14)2-3-11(10)17-7-12(15)16/h2-4,8H,5-7,13-14H2,1H3. The summed E-state index contributed by atoms with van der Waals surface area (Å²) in [6, 6.07) is 5.59. The van der Waals surface area contributed by atoms with Crippen molar-refractivity contribution in [1.29, 1.82) is 0 Å². The van der Waals surface area contributed by atoms with Crippen LogP contribution in [0.3, 0.4) is 0 Å². The predicted molar refractivity (Wildman–Crippen MR) is 65.8 cm³/mol. The lowest BCUT2D eigenvalue weighted by molar-refractivity contribution is -0.121. The van der Waals surface area contributed by atoms with Gasteiger partial charge in [-0.15, -0.1) is 0 Å². The highest BCUT2D eigenvalue weighted by molar-refractivity contribution is 5.98. The third kappa shape index (κ3) is 2.11. The Bertz CT molecular complexity index is 434. The number of amides is 1. The molecule has 1 aromatic carbocycles. The van der Waals surface area contributed by atoms with Crippen LogP contribution in [0, 0.1) is 0 Å². The highest BCUT2D eigenvalue weighted by atomic mass is 16.5. The lowest BCUT2D eigenvalue weighted by Crippen LogP contribution is -2.47. The van der Waals surface area contributed by atoms with E-state index < -0.39 is 0 Å². The maximum absolute atomic E-state index is 11.9. The molecule has 0 aromatic heterocycles. The fraction of sp³-hybridized carbons (Fsp3) is 0.417. The quantitative estimate of drug-likeness (QED) is 0.785. The van der Waals surface area contributed by atoms with Gasteiger partial charge in [0.15, 0.2) is 6.61 Å². The van der Waals surface area contributed by atoms with E-state index in [1.165, 1.54) is 0 Å². The van der Waals surface area contributed by atoms with Gasteiger partial charge in [0, 0.05) is 19.1 Å². The lowest BCUT2D eigenvalue weighted by atomic mass is 10.1. The first kappa shape index (κ1) is 11.9. The molecule has 0 spiro atoms. The monoisotopic (exact) mass is 235 g/mol. The maximum Gasteiger partial charge on any atom is 0.265 e. The first-order valence-electron chi connectivity index (χ1n) is 5.65. The number of ether oxygens (including phenoxy) is 1. The number of hydrogen-bond donors (Lipinski definition) is 2. The third-order valence-corrected chi connectivity index (χ3v) is 2.92. The first-order valence-corrected chi connectivity index (χ1v) is 5.65. The van der Waals surface area contributed by atoms with Gasteiger partial charge in [-0.05, 0) is 24.6 Å². The summed E-state index contributed by atoms with van der Waals surface area (Å²) in [4.78, 5) is 13.6.